The van der Waals surface area contributed by atoms with Crippen LogP contribution in [0, 0.1) is 11.8 Å². The Morgan fingerprint density at radius 1 is 0.852 bits per heavy atom. The lowest BCUT2D eigenvalue weighted by Crippen LogP contribution is -2.60. The monoisotopic (exact) mass is 764 g/mol. The molecule has 0 aliphatic heterocycles. The third-order valence-electron chi connectivity index (χ3n) is 8.51. The highest BCUT2D eigenvalue weighted by Crippen LogP contribution is 2.19. The molecule has 17 heteroatoms. The number of nitrogens with zero attached hydrogens (tertiary/aromatic N) is 2. The van der Waals surface area contributed by atoms with Crippen LogP contribution in [0.25, 0.3) is 0 Å². The predicted octanol–water partition coefficient (Wildman–Crippen LogP) is 0.484. The average molecular weight is 765 g/mol. The van der Waals surface area contributed by atoms with E-state index in [0.29, 0.717) is 36.1 Å². The summed E-state index contributed by atoms with van der Waals surface area (Å²) in [6, 6.07) is 2.22. The van der Waals surface area contributed by atoms with Crippen molar-refractivity contribution in [3.63, 3.8) is 0 Å². The minimum absolute atomic E-state index is 0.00929. The maximum absolute atomic E-state index is 13.9. The molecule has 8 N–H and O–H groups in total. The molecule has 0 saturated carbocycles. The number of aliphatic hydroxyl groups is 2. The molecule has 5 amide bonds. The van der Waals surface area contributed by atoms with E-state index in [4.69, 9.17) is 20.9 Å². The second kappa shape index (κ2) is 22.7. The number of amides is 5. The zero-order chi connectivity index (χ0) is 41.3. The number of nitrogens with two attached hydrogens (primary N) is 2. The van der Waals surface area contributed by atoms with Gasteiger partial charge in [-0.2, -0.15) is 0 Å². The van der Waals surface area contributed by atoms with Crippen LogP contribution in [0.3, 0.4) is 0 Å². The molecule has 0 saturated heterocycles. The van der Waals surface area contributed by atoms with Crippen LogP contribution in [0.2, 0.25) is 0 Å². The van der Waals surface area contributed by atoms with Crippen LogP contribution in [0.5, 0.6) is 0 Å². The van der Waals surface area contributed by atoms with E-state index in [1.54, 1.807) is 58.9 Å². The number of carbonyl (C=O) groups excluding carboxylic acids is 7. The average Bonchev–Trinajstić information content (AvgIpc) is 3.12. The van der Waals surface area contributed by atoms with E-state index >= 15 is 0 Å². The first-order chi connectivity index (χ1) is 25.2. The number of ether oxygens (including phenoxy) is 2. The number of aliphatic hydroxyl groups excluding tert-OH is 2. The highest BCUT2D eigenvalue weighted by molar-refractivity contribution is 6.01. The molecule has 0 bridgehead atoms. The van der Waals surface area contributed by atoms with Crippen LogP contribution in [-0.2, 0) is 33.4 Å². The Bertz CT molecular complexity index is 1420. The number of imide groups is 1. The van der Waals surface area contributed by atoms with E-state index in [0.717, 1.165) is 0 Å². The van der Waals surface area contributed by atoms with Gasteiger partial charge in [0, 0.05) is 37.6 Å². The number of ketones is 1. The van der Waals surface area contributed by atoms with Crippen LogP contribution in [-0.4, -0.2) is 131 Å². The SMILES string of the molecule is COC(=O)C(C(C)C)N(CCCCCC(=O)c1ccccc1)C(=O)C(N)C(CO)CNC(=O)[C@H](C)N(C(=O)OC(C)(C)C)C(=O)[C@H](C)NC(=O)[C@@H](N)CO. The first-order valence-electron chi connectivity index (χ1n) is 18.1. The summed E-state index contributed by atoms with van der Waals surface area (Å²) in [6.07, 6.45) is 0.647. The summed E-state index contributed by atoms with van der Waals surface area (Å²) in [7, 11) is 1.20. The maximum atomic E-state index is 13.9. The van der Waals surface area contributed by atoms with Crippen molar-refractivity contribution in [2.75, 3.05) is 33.4 Å². The zero-order valence-electron chi connectivity index (χ0n) is 32.7. The smallest absolute Gasteiger partial charge is 0.417 e. The molecule has 0 heterocycles. The summed E-state index contributed by atoms with van der Waals surface area (Å²) in [5.74, 6) is -5.58. The number of Topliss-reactive ketones (excluding diaryl/α,β-unsaturated/α-hetero) is 1. The number of hydrogen-bond acceptors (Lipinski definition) is 13. The van der Waals surface area contributed by atoms with Gasteiger partial charge in [-0.15, -0.1) is 0 Å². The van der Waals surface area contributed by atoms with Gasteiger partial charge in [-0.25, -0.2) is 14.5 Å². The van der Waals surface area contributed by atoms with E-state index < -0.39 is 90.6 Å². The number of hydrogen-bond donors (Lipinski definition) is 6. The molecular formula is C37H60N6O11. The summed E-state index contributed by atoms with van der Waals surface area (Å²) in [5, 5.41) is 24.3. The van der Waals surface area contributed by atoms with Crippen molar-refractivity contribution in [3.05, 3.63) is 35.9 Å². The Hall–Kier alpha value is -4.45. The summed E-state index contributed by atoms with van der Waals surface area (Å²) in [4.78, 5) is 93.4. The molecule has 0 spiro atoms. The van der Waals surface area contributed by atoms with E-state index in [-0.39, 0.29) is 24.8 Å². The molecule has 54 heavy (non-hydrogen) atoms. The van der Waals surface area contributed by atoms with E-state index in [2.05, 4.69) is 10.6 Å². The topological polar surface area (TPSA) is 261 Å². The first-order valence-corrected chi connectivity index (χ1v) is 18.1. The largest absolute Gasteiger partial charge is 0.467 e. The van der Waals surface area contributed by atoms with Gasteiger partial charge in [-0.05, 0) is 53.4 Å². The fourth-order valence-corrected chi connectivity index (χ4v) is 5.40. The number of esters is 1. The van der Waals surface area contributed by atoms with Gasteiger partial charge in [0.1, 0.15) is 29.8 Å². The van der Waals surface area contributed by atoms with Gasteiger partial charge in [0.15, 0.2) is 5.78 Å². The highest BCUT2D eigenvalue weighted by atomic mass is 16.6. The molecule has 1 aromatic carbocycles. The second-order valence-corrected chi connectivity index (χ2v) is 14.4. The lowest BCUT2D eigenvalue weighted by atomic mass is 9.96. The van der Waals surface area contributed by atoms with Crippen molar-refractivity contribution in [1.82, 2.24) is 20.4 Å². The predicted molar refractivity (Wildman–Crippen MR) is 198 cm³/mol. The number of rotatable bonds is 21. The lowest BCUT2D eigenvalue weighted by molar-refractivity contribution is -0.156. The van der Waals surface area contributed by atoms with Crippen molar-refractivity contribution in [2.45, 2.75) is 110 Å². The minimum Gasteiger partial charge on any atom is -0.467 e. The minimum atomic E-state index is -1.51. The van der Waals surface area contributed by atoms with Crippen molar-refractivity contribution in [1.29, 1.82) is 0 Å². The van der Waals surface area contributed by atoms with Gasteiger partial charge >= 0.3 is 12.1 Å². The van der Waals surface area contributed by atoms with Crippen molar-refractivity contribution in [2.24, 2.45) is 23.3 Å². The van der Waals surface area contributed by atoms with E-state index in [9.17, 15) is 43.8 Å². The second-order valence-electron chi connectivity index (χ2n) is 14.4. The molecule has 6 atom stereocenters. The van der Waals surface area contributed by atoms with Crippen LogP contribution in [0.15, 0.2) is 30.3 Å². The third kappa shape index (κ3) is 14.8. The molecule has 0 aliphatic rings. The summed E-state index contributed by atoms with van der Waals surface area (Å²) in [5.41, 5.74) is 11.4. The third-order valence-corrected chi connectivity index (χ3v) is 8.51. The first kappa shape index (κ1) is 47.6. The number of unbranched alkanes of at least 4 members (excludes halogenated alkanes) is 2. The Morgan fingerprint density at radius 3 is 1.98 bits per heavy atom. The van der Waals surface area contributed by atoms with Gasteiger partial charge in [-0.1, -0.05) is 50.6 Å². The Morgan fingerprint density at radius 2 is 1.46 bits per heavy atom. The zero-order valence-corrected chi connectivity index (χ0v) is 32.7. The fraction of sp³-hybridized carbons (Fsp3) is 0.649. The van der Waals surface area contributed by atoms with Gasteiger partial charge in [0.05, 0.1) is 19.8 Å². The quantitative estimate of drug-likeness (QED) is 0.0566. The molecule has 0 aromatic heterocycles. The van der Waals surface area contributed by atoms with E-state index in [1.807, 2.05) is 6.07 Å². The van der Waals surface area contributed by atoms with Crippen LogP contribution >= 0.6 is 0 Å². The number of nitrogens with one attached hydrogen (secondary N) is 2. The standard InChI is InChI=1S/C37H60N6O11/c1-22(2)30(35(51)53-8)42(18-14-10-13-17-28(46)25-15-11-9-12-16-25)34(50)29(39)26(20-44)19-40-31(47)24(4)43(36(52)54-37(5,6)7)33(49)23(3)41-32(48)27(38)21-45/h9,11-12,15-16,22-24,26-27,29-30,44-45H,10,13-14,17-21,38-39H2,1-8H3,(H,40,47)(H,41,48)/t23-,24-,26?,27-,29?,30?/m0/s1. The van der Waals surface area contributed by atoms with Crippen molar-refractivity contribution < 1.29 is 53.2 Å². The normalized spacial score (nSPS) is 14.8. The van der Waals surface area contributed by atoms with Gasteiger partial charge < -0.3 is 46.7 Å². The molecule has 3 unspecified atom stereocenters. The van der Waals surface area contributed by atoms with Crippen molar-refractivity contribution >= 4 is 41.5 Å². The summed E-state index contributed by atoms with van der Waals surface area (Å²) in [6.45, 7) is 8.98. The Kier molecular flexibility index (Phi) is 20.0. The van der Waals surface area contributed by atoms with Crippen LogP contribution in [0.4, 0.5) is 4.79 Å². The van der Waals surface area contributed by atoms with Gasteiger partial charge in [-0.3, -0.25) is 24.0 Å². The number of methoxy groups -OCH3 is 1. The summed E-state index contributed by atoms with van der Waals surface area (Å²) >= 11 is 0. The maximum Gasteiger partial charge on any atom is 0.417 e. The van der Waals surface area contributed by atoms with Crippen molar-refractivity contribution in [3.8, 4) is 0 Å². The lowest BCUT2D eigenvalue weighted by Gasteiger charge is -2.36. The summed E-state index contributed by atoms with van der Waals surface area (Å²) < 4.78 is 10.3. The number of benzene rings is 1. The van der Waals surface area contributed by atoms with Crippen LogP contribution in [0.1, 0.15) is 84.5 Å². The molecule has 304 valence electrons. The van der Waals surface area contributed by atoms with Gasteiger partial charge in [0.25, 0.3) is 5.91 Å². The Labute approximate surface area is 317 Å². The molecule has 0 fully saturated rings. The molecular weight excluding hydrogens is 704 g/mol. The van der Waals surface area contributed by atoms with E-state index in [1.165, 1.54) is 25.9 Å². The fourth-order valence-electron chi connectivity index (χ4n) is 5.40. The molecule has 0 radical (unpaired) electrons. The molecule has 1 rings (SSSR count). The van der Waals surface area contributed by atoms with Crippen LogP contribution < -0.4 is 22.1 Å². The Balaban J connectivity index is 3.15. The highest BCUT2D eigenvalue weighted by Gasteiger charge is 2.40. The molecule has 0 aliphatic carbocycles. The molecule has 17 nitrogen and oxygen atoms in total. The molecule has 1 aromatic rings. The van der Waals surface area contributed by atoms with Gasteiger partial charge in [0.2, 0.25) is 17.7 Å². The number of carbonyl (C=O) groups is 7.